The molecule has 1 heterocycles. The molecule has 0 bridgehead atoms. The first-order valence-corrected chi connectivity index (χ1v) is 7.60. The number of amidine groups is 1. The molecule has 5 nitrogen and oxygen atoms in total. The Kier molecular flexibility index (Phi) is 4.39. The molecule has 0 aliphatic carbocycles. The fourth-order valence-corrected chi connectivity index (χ4v) is 2.24. The van der Waals surface area contributed by atoms with E-state index in [0.717, 1.165) is 16.7 Å². The highest BCUT2D eigenvalue weighted by Crippen LogP contribution is 2.26. The van der Waals surface area contributed by atoms with Crippen LogP contribution in [0.2, 0.25) is 0 Å². The highest BCUT2D eigenvalue weighted by molar-refractivity contribution is 6.28. The van der Waals surface area contributed by atoms with Crippen LogP contribution >= 0.6 is 11.6 Å². The van der Waals surface area contributed by atoms with Crippen LogP contribution in [0.3, 0.4) is 0 Å². The van der Waals surface area contributed by atoms with Crippen molar-refractivity contribution in [3.8, 4) is 22.8 Å². The van der Waals surface area contributed by atoms with Crippen LogP contribution in [0.1, 0.15) is 5.56 Å². The second kappa shape index (κ2) is 6.62. The van der Waals surface area contributed by atoms with Gasteiger partial charge in [-0.25, -0.2) is 4.99 Å². The summed E-state index contributed by atoms with van der Waals surface area (Å²) in [6, 6.07) is 15.3. The zero-order valence-electron chi connectivity index (χ0n) is 12.5. The van der Waals surface area contributed by atoms with Crippen LogP contribution in [-0.2, 0) is 0 Å². The number of aromatic nitrogens is 2. The molecule has 2 N–H and O–H groups in total. The van der Waals surface area contributed by atoms with E-state index in [9.17, 15) is 0 Å². The number of aryl methyl sites for hydroxylation is 1. The molecule has 1 aromatic heterocycles. The summed E-state index contributed by atoms with van der Waals surface area (Å²) in [6.45, 7) is 2.01. The first kappa shape index (κ1) is 15.2. The largest absolute Gasteiger partial charge is 0.386 e. The fourth-order valence-electron chi connectivity index (χ4n) is 2.18. The van der Waals surface area contributed by atoms with Crippen LogP contribution in [0.5, 0.6) is 0 Å². The summed E-state index contributed by atoms with van der Waals surface area (Å²) in [5.41, 5.74) is 9.16. The Morgan fingerprint density at radius 2 is 2.04 bits per heavy atom. The number of benzene rings is 2. The van der Waals surface area contributed by atoms with Crippen molar-refractivity contribution in [3.63, 3.8) is 0 Å². The highest BCUT2D eigenvalue weighted by Gasteiger charge is 2.12. The number of hydrogen-bond acceptors (Lipinski definition) is 4. The summed E-state index contributed by atoms with van der Waals surface area (Å²) in [4.78, 5) is 8.68. The van der Waals surface area contributed by atoms with Crippen molar-refractivity contribution in [3.05, 3.63) is 54.1 Å². The second-order valence-corrected chi connectivity index (χ2v) is 5.29. The molecular formula is C17H15ClN4O. The Balaban J connectivity index is 1.95. The van der Waals surface area contributed by atoms with Gasteiger partial charge in [-0.1, -0.05) is 35.5 Å². The second-order valence-electron chi connectivity index (χ2n) is 5.03. The molecule has 6 heteroatoms. The number of aliphatic imine (C=N–C) groups is 1. The van der Waals surface area contributed by atoms with Crippen LogP contribution in [0.25, 0.3) is 22.8 Å². The predicted molar refractivity (Wildman–Crippen MR) is 91.9 cm³/mol. The van der Waals surface area contributed by atoms with Crippen molar-refractivity contribution in [2.75, 3.05) is 5.88 Å². The average molecular weight is 327 g/mol. The lowest BCUT2D eigenvalue weighted by molar-refractivity contribution is 0.432. The van der Waals surface area contributed by atoms with Gasteiger partial charge in [-0.3, -0.25) is 0 Å². The smallest absolute Gasteiger partial charge is 0.258 e. The summed E-state index contributed by atoms with van der Waals surface area (Å²) in [5.74, 6) is 1.54. The zero-order chi connectivity index (χ0) is 16.2. The normalized spacial score (nSPS) is 11.7. The quantitative estimate of drug-likeness (QED) is 0.447. The number of nitrogens with two attached hydrogens (primary N) is 1. The molecule has 0 saturated carbocycles. The number of hydrogen-bond donors (Lipinski definition) is 1. The minimum absolute atomic E-state index is 0.183. The van der Waals surface area contributed by atoms with Gasteiger partial charge in [0.25, 0.3) is 5.89 Å². The lowest BCUT2D eigenvalue weighted by atomic mass is 10.1. The van der Waals surface area contributed by atoms with E-state index in [1.807, 2.05) is 55.5 Å². The molecule has 0 spiro atoms. The summed E-state index contributed by atoms with van der Waals surface area (Å²) in [7, 11) is 0. The van der Waals surface area contributed by atoms with Crippen molar-refractivity contribution >= 4 is 23.1 Å². The van der Waals surface area contributed by atoms with Crippen molar-refractivity contribution in [1.29, 1.82) is 0 Å². The van der Waals surface area contributed by atoms with Crippen LogP contribution in [-0.4, -0.2) is 21.9 Å². The summed E-state index contributed by atoms with van der Waals surface area (Å²) in [5, 5.41) is 4.06. The van der Waals surface area contributed by atoms with Gasteiger partial charge in [0.1, 0.15) is 5.84 Å². The average Bonchev–Trinajstić information content (AvgIpc) is 3.05. The van der Waals surface area contributed by atoms with Gasteiger partial charge in [-0.05, 0) is 30.7 Å². The van der Waals surface area contributed by atoms with E-state index in [0.29, 0.717) is 23.2 Å². The van der Waals surface area contributed by atoms with E-state index in [1.165, 1.54) is 0 Å². The third kappa shape index (κ3) is 3.40. The topological polar surface area (TPSA) is 77.3 Å². The fraction of sp³-hybridized carbons (Fsp3) is 0.118. The zero-order valence-corrected chi connectivity index (χ0v) is 13.3. The first-order valence-electron chi connectivity index (χ1n) is 7.06. The highest BCUT2D eigenvalue weighted by atomic mass is 35.5. The Morgan fingerprint density at radius 3 is 2.83 bits per heavy atom. The molecule has 0 fully saturated rings. The van der Waals surface area contributed by atoms with E-state index >= 15 is 0 Å². The van der Waals surface area contributed by atoms with Crippen molar-refractivity contribution in [1.82, 2.24) is 10.1 Å². The van der Waals surface area contributed by atoms with Crippen LogP contribution in [0, 0.1) is 6.92 Å². The van der Waals surface area contributed by atoms with Gasteiger partial charge in [0.05, 0.1) is 11.6 Å². The molecule has 0 radical (unpaired) electrons. The lowest BCUT2D eigenvalue weighted by Gasteiger charge is -1.99. The Labute approximate surface area is 138 Å². The number of alkyl halides is 1. The molecule has 0 aliphatic rings. The van der Waals surface area contributed by atoms with E-state index in [4.69, 9.17) is 21.9 Å². The minimum atomic E-state index is 0.183. The standard InChI is InChI=1S/C17H15ClN4O/c1-11-5-2-3-8-14(11)16-21-17(23-22-16)12-6-4-7-13(9-12)20-15(19)10-18/h2-9H,10H2,1H3,(H2,19,20). The maximum atomic E-state index is 5.66. The Hall–Kier alpha value is -2.66. The SMILES string of the molecule is Cc1ccccc1-c1noc(-c2cccc(N=C(N)CCl)c2)n1. The molecule has 116 valence electrons. The number of rotatable bonds is 4. The predicted octanol–water partition coefficient (Wildman–Crippen LogP) is 3.94. The molecule has 0 atom stereocenters. The van der Waals surface area contributed by atoms with Gasteiger partial charge in [0.2, 0.25) is 5.82 Å². The van der Waals surface area contributed by atoms with Gasteiger partial charge in [0.15, 0.2) is 0 Å². The molecule has 2 aromatic carbocycles. The molecule has 0 aliphatic heterocycles. The molecule has 3 rings (SSSR count). The third-order valence-corrected chi connectivity index (χ3v) is 3.59. The van der Waals surface area contributed by atoms with E-state index in [1.54, 1.807) is 0 Å². The van der Waals surface area contributed by atoms with Gasteiger partial charge in [-0.2, -0.15) is 4.98 Å². The summed E-state index contributed by atoms with van der Waals surface area (Å²) >= 11 is 5.65. The maximum Gasteiger partial charge on any atom is 0.258 e. The molecular weight excluding hydrogens is 312 g/mol. The van der Waals surface area contributed by atoms with Crippen molar-refractivity contribution in [2.45, 2.75) is 6.92 Å². The molecule has 0 amide bonds. The number of halogens is 1. The molecule has 0 unspecified atom stereocenters. The van der Waals surface area contributed by atoms with Crippen LogP contribution < -0.4 is 5.73 Å². The molecule has 0 saturated heterocycles. The summed E-state index contributed by atoms with van der Waals surface area (Å²) < 4.78 is 5.38. The van der Waals surface area contributed by atoms with Crippen LogP contribution in [0.15, 0.2) is 58.0 Å². The number of nitrogens with zero attached hydrogens (tertiary/aromatic N) is 3. The monoisotopic (exact) mass is 326 g/mol. The third-order valence-electron chi connectivity index (χ3n) is 3.31. The Morgan fingerprint density at radius 1 is 1.22 bits per heavy atom. The summed E-state index contributed by atoms with van der Waals surface area (Å²) in [6.07, 6.45) is 0. The molecule has 23 heavy (non-hydrogen) atoms. The van der Waals surface area contributed by atoms with E-state index in [-0.39, 0.29) is 5.88 Å². The van der Waals surface area contributed by atoms with E-state index in [2.05, 4.69) is 15.1 Å². The van der Waals surface area contributed by atoms with Crippen molar-refractivity contribution < 1.29 is 4.52 Å². The maximum absolute atomic E-state index is 5.66. The van der Waals surface area contributed by atoms with Gasteiger partial charge < -0.3 is 10.3 Å². The van der Waals surface area contributed by atoms with Crippen LogP contribution in [0.4, 0.5) is 5.69 Å². The molecule has 3 aromatic rings. The van der Waals surface area contributed by atoms with Gasteiger partial charge in [0, 0.05) is 11.1 Å². The van der Waals surface area contributed by atoms with Crippen molar-refractivity contribution in [2.24, 2.45) is 10.7 Å². The Bertz CT molecular complexity index is 857. The van der Waals surface area contributed by atoms with Gasteiger partial charge in [-0.15, -0.1) is 11.6 Å². The van der Waals surface area contributed by atoms with E-state index < -0.39 is 0 Å². The first-order chi connectivity index (χ1) is 11.2. The minimum Gasteiger partial charge on any atom is -0.386 e. The van der Waals surface area contributed by atoms with Gasteiger partial charge >= 0.3 is 0 Å². The lowest BCUT2D eigenvalue weighted by Crippen LogP contribution is -2.12.